The van der Waals surface area contributed by atoms with Crippen molar-refractivity contribution in [1.29, 1.82) is 0 Å². The molecule has 1 N–H and O–H groups in total. The monoisotopic (exact) mass is 201 g/mol. The van der Waals surface area contributed by atoms with Crippen molar-refractivity contribution in [2.45, 2.75) is 18.9 Å². The van der Waals surface area contributed by atoms with E-state index >= 15 is 0 Å². The van der Waals surface area contributed by atoms with Crippen molar-refractivity contribution in [3.05, 3.63) is 0 Å². The van der Waals surface area contributed by atoms with E-state index in [9.17, 15) is 13.2 Å². The van der Waals surface area contributed by atoms with Crippen LogP contribution in [0.3, 0.4) is 0 Å². The maximum atomic E-state index is 11.1. The van der Waals surface area contributed by atoms with Crippen molar-refractivity contribution >= 4 is 15.7 Å². The Morgan fingerprint density at radius 1 is 1.62 bits per heavy atom. The highest BCUT2D eigenvalue weighted by molar-refractivity contribution is 7.91. The predicted molar refractivity (Wildman–Crippen MR) is 48.7 cm³/mol. The summed E-state index contributed by atoms with van der Waals surface area (Å²) in [5.41, 5.74) is -0.678. The molecule has 1 amide bonds. The number of nitrogens with one attached hydrogen (secondary N) is 1. The van der Waals surface area contributed by atoms with Crippen molar-refractivity contribution in [2.75, 3.05) is 11.5 Å². The topological polar surface area (TPSA) is 63.2 Å². The molecule has 5 heteroatoms. The van der Waals surface area contributed by atoms with Crippen LogP contribution in [-0.4, -0.2) is 31.4 Å². The smallest absolute Gasteiger partial charge is 0.296 e. The van der Waals surface area contributed by atoms with Gasteiger partial charge in [0.15, 0.2) is 9.84 Å². The third-order valence-corrected chi connectivity index (χ3v) is 3.95. The van der Waals surface area contributed by atoms with Crippen LogP contribution >= 0.6 is 0 Å². The number of sulfone groups is 1. The molecule has 1 saturated heterocycles. The Morgan fingerprint density at radius 2 is 2.23 bits per heavy atom. The molecule has 1 rings (SSSR count). The van der Waals surface area contributed by atoms with Gasteiger partial charge in [0.2, 0.25) is 0 Å². The highest BCUT2D eigenvalue weighted by Crippen LogP contribution is 2.22. The van der Waals surface area contributed by atoms with E-state index in [2.05, 4.69) is 5.32 Å². The summed E-state index contributed by atoms with van der Waals surface area (Å²) in [6.07, 6.45) is 5.30. The van der Waals surface area contributed by atoms with Crippen LogP contribution in [-0.2, 0) is 14.6 Å². The van der Waals surface area contributed by atoms with Crippen molar-refractivity contribution in [3.63, 3.8) is 0 Å². The Bertz CT molecular complexity index is 365. The summed E-state index contributed by atoms with van der Waals surface area (Å²) in [4.78, 5) is 10.8. The van der Waals surface area contributed by atoms with Gasteiger partial charge in [0.05, 0.1) is 17.0 Å². The minimum absolute atomic E-state index is 0.0204. The Kier molecular flexibility index (Phi) is 2.35. The lowest BCUT2D eigenvalue weighted by molar-refractivity contribution is -0.117. The first kappa shape index (κ1) is 10.1. The highest BCUT2D eigenvalue weighted by atomic mass is 32.2. The molecule has 1 fully saturated rings. The van der Waals surface area contributed by atoms with Gasteiger partial charge in [-0.25, -0.2) is 8.42 Å². The number of terminal acetylenes is 1. The van der Waals surface area contributed by atoms with E-state index in [-0.39, 0.29) is 11.5 Å². The third-order valence-electron chi connectivity index (χ3n) is 2.05. The van der Waals surface area contributed by atoms with E-state index in [1.54, 1.807) is 6.92 Å². The second-order valence-corrected chi connectivity index (χ2v) is 5.69. The molecule has 0 aromatic carbocycles. The average Bonchev–Trinajstić information content (AvgIpc) is 2.25. The molecule has 72 valence electrons. The maximum absolute atomic E-state index is 11.1. The summed E-state index contributed by atoms with van der Waals surface area (Å²) in [7, 11) is -2.99. The first-order valence-corrected chi connectivity index (χ1v) is 5.68. The zero-order chi connectivity index (χ0) is 10.1. The van der Waals surface area contributed by atoms with Gasteiger partial charge in [0.1, 0.15) is 0 Å². The van der Waals surface area contributed by atoms with Crippen molar-refractivity contribution in [2.24, 2.45) is 0 Å². The average molecular weight is 201 g/mol. The Labute approximate surface area is 77.6 Å². The van der Waals surface area contributed by atoms with Crippen LogP contribution in [0.5, 0.6) is 0 Å². The number of amides is 1. The maximum Gasteiger partial charge on any atom is 0.296 e. The zero-order valence-electron chi connectivity index (χ0n) is 7.33. The van der Waals surface area contributed by atoms with Crippen LogP contribution in [0, 0.1) is 12.3 Å². The van der Waals surface area contributed by atoms with E-state index in [0.29, 0.717) is 6.42 Å². The number of carbonyl (C=O) groups is 1. The molecule has 0 aliphatic carbocycles. The number of carbonyl (C=O) groups excluding carboxylic acids is 1. The minimum Gasteiger partial charge on any atom is -0.339 e. The van der Waals surface area contributed by atoms with Crippen LogP contribution in [0.25, 0.3) is 0 Å². The fraction of sp³-hybridized carbons (Fsp3) is 0.625. The van der Waals surface area contributed by atoms with Gasteiger partial charge in [-0.05, 0) is 19.3 Å². The number of rotatable bonds is 1. The van der Waals surface area contributed by atoms with Crippen LogP contribution in [0.1, 0.15) is 13.3 Å². The predicted octanol–water partition coefficient (Wildman–Crippen LogP) is -0.687. The quantitative estimate of drug-likeness (QED) is 0.571. The summed E-state index contributed by atoms with van der Waals surface area (Å²) < 4.78 is 22.2. The van der Waals surface area contributed by atoms with Gasteiger partial charge in [0.25, 0.3) is 5.91 Å². The van der Waals surface area contributed by atoms with Crippen LogP contribution < -0.4 is 5.32 Å². The Hall–Kier alpha value is -1.02. The van der Waals surface area contributed by atoms with Crippen LogP contribution in [0.15, 0.2) is 0 Å². The SMILES string of the molecule is C#CC(=O)NC1(C)CCS(=O)(=O)C1. The van der Waals surface area contributed by atoms with Gasteiger partial charge in [-0.2, -0.15) is 0 Å². The van der Waals surface area contributed by atoms with E-state index in [0.717, 1.165) is 0 Å². The van der Waals surface area contributed by atoms with Crippen molar-refractivity contribution in [3.8, 4) is 12.3 Å². The minimum atomic E-state index is -2.99. The molecule has 1 aliphatic heterocycles. The molecule has 0 spiro atoms. The fourth-order valence-electron chi connectivity index (χ4n) is 1.42. The second-order valence-electron chi connectivity index (χ2n) is 3.50. The summed E-state index contributed by atoms with van der Waals surface area (Å²) >= 11 is 0. The standard InChI is InChI=1S/C8H11NO3S/c1-3-7(10)9-8(2)4-5-13(11,12)6-8/h1H,4-6H2,2H3,(H,9,10). The molecule has 0 radical (unpaired) electrons. The van der Waals surface area contributed by atoms with Gasteiger partial charge >= 0.3 is 0 Å². The Balaban J connectivity index is 2.72. The van der Waals surface area contributed by atoms with Gasteiger partial charge in [-0.3, -0.25) is 4.79 Å². The lowest BCUT2D eigenvalue weighted by Crippen LogP contribution is -2.46. The van der Waals surface area contributed by atoms with Crippen LogP contribution in [0.2, 0.25) is 0 Å². The van der Waals surface area contributed by atoms with Crippen molar-refractivity contribution in [1.82, 2.24) is 5.32 Å². The lowest BCUT2D eigenvalue weighted by atomic mass is 10.0. The molecular formula is C8H11NO3S. The highest BCUT2D eigenvalue weighted by Gasteiger charge is 2.39. The van der Waals surface area contributed by atoms with E-state index in [1.807, 2.05) is 5.92 Å². The Morgan fingerprint density at radius 3 is 2.62 bits per heavy atom. The third kappa shape index (κ3) is 2.46. The molecule has 1 unspecified atom stereocenters. The molecule has 1 atom stereocenters. The summed E-state index contributed by atoms with van der Waals surface area (Å²) in [6.45, 7) is 1.69. The number of hydrogen-bond donors (Lipinski definition) is 1. The molecule has 13 heavy (non-hydrogen) atoms. The second kappa shape index (κ2) is 3.04. The first-order valence-electron chi connectivity index (χ1n) is 3.86. The summed E-state index contributed by atoms with van der Waals surface area (Å²) in [5, 5.41) is 2.51. The molecule has 1 heterocycles. The lowest BCUT2D eigenvalue weighted by Gasteiger charge is -2.21. The largest absolute Gasteiger partial charge is 0.339 e. The van der Waals surface area contributed by atoms with Crippen LogP contribution in [0.4, 0.5) is 0 Å². The molecule has 0 aromatic heterocycles. The zero-order valence-corrected chi connectivity index (χ0v) is 8.15. The molecule has 4 nitrogen and oxygen atoms in total. The van der Waals surface area contributed by atoms with Gasteiger partial charge in [-0.1, -0.05) is 0 Å². The van der Waals surface area contributed by atoms with Gasteiger partial charge in [0, 0.05) is 0 Å². The van der Waals surface area contributed by atoms with Gasteiger partial charge in [-0.15, -0.1) is 6.42 Å². The van der Waals surface area contributed by atoms with E-state index in [1.165, 1.54) is 0 Å². The number of hydrogen-bond acceptors (Lipinski definition) is 3. The molecule has 0 bridgehead atoms. The normalized spacial score (nSPS) is 30.8. The molecular weight excluding hydrogens is 190 g/mol. The molecule has 0 saturated carbocycles. The summed E-state index contributed by atoms with van der Waals surface area (Å²) in [5.74, 6) is 1.44. The molecule has 1 aliphatic rings. The van der Waals surface area contributed by atoms with Gasteiger partial charge < -0.3 is 5.32 Å². The van der Waals surface area contributed by atoms with Crippen molar-refractivity contribution < 1.29 is 13.2 Å². The first-order chi connectivity index (χ1) is 5.87. The van der Waals surface area contributed by atoms with E-state index < -0.39 is 21.3 Å². The van der Waals surface area contributed by atoms with E-state index in [4.69, 9.17) is 6.42 Å². The molecule has 0 aromatic rings. The fourth-order valence-corrected chi connectivity index (χ4v) is 3.51. The summed E-state index contributed by atoms with van der Waals surface area (Å²) in [6, 6.07) is 0.